The van der Waals surface area contributed by atoms with Gasteiger partial charge in [0.2, 0.25) is 0 Å². The number of ether oxygens (including phenoxy) is 1. The monoisotopic (exact) mass is 250 g/mol. The van der Waals surface area contributed by atoms with Gasteiger partial charge in [-0.3, -0.25) is 4.90 Å². The first-order valence-electron chi connectivity index (χ1n) is 5.77. The zero-order chi connectivity index (χ0) is 13.1. The van der Waals surface area contributed by atoms with Crippen molar-refractivity contribution in [2.24, 2.45) is 0 Å². The maximum atomic E-state index is 12.0. The van der Waals surface area contributed by atoms with E-state index in [0.717, 1.165) is 13.0 Å². The number of amides is 1. The molecule has 0 aromatic rings. The molecule has 1 rings (SSSR count). The highest BCUT2D eigenvalue weighted by Gasteiger charge is 2.36. The fourth-order valence-electron chi connectivity index (χ4n) is 2.03. The molecule has 17 heavy (non-hydrogen) atoms. The third kappa shape index (κ3) is 4.11. The fourth-order valence-corrected chi connectivity index (χ4v) is 2.03. The molecule has 0 aromatic carbocycles. The van der Waals surface area contributed by atoms with Gasteiger partial charge in [0.1, 0.15) is 0 Å². The van der Waals surface area contributed by atoms with Gasteiger partial charge in [0.25, 0.3) is 6.43 Å². The van der Waals surface area contributed by atoms with E-state index in [0.29, 0.717) is 6.54 Å². The minimum absolute atomic E-state index is 0.0140. The van der Waals surface area contributed by atoms with Crippen LogP contribution in [-0.4, -0.2) is 48.7 Å². The Morgan fingerprint density at radius 3 is 2.59 bits per heavy atom. The number of hydrogen-bond acceptors (Lipinski definition) is 3. The highest BCUT2D eigenvalue weighted by Crippen LogP contribution is 2.22. The molecule has 1 fully saturated rings. The topological polar surface area (TPSA) is 41.6 Å². The van der Waals surface area contributed by atoms with Gasteiger partial charge in [-0.05, 0) is 33.7 Å². The van der Waals surface area contributed by atoms with Crippen LogP contribution in [0.2, 0.25) is 0 Å². The van der Waals surface area contributed by atoms with Crippen LogP contribution in [0, 0.1) is 0 Å². The van der Waals surface area contributed by atoms with E-state index in [1.54, 1.807) is 4.90 Å². The maximum absolute atomic E-state index is 12.0. The van der Waals surface area contributed by atoms with E-state index in [-0.39, 0.29) is 6.04 Å². The first-order valence-corrected chi connectivity index (χ1v) is 5.77. The maximum Gasteiger partial charge on any atom is 0.410 e. The summed E-state index contributed by atoms with van der Waals surface area (Å²) in [6, 6.07) is 0.0140. The number of rotatable bonds is 3. The zero-order valence-electron chi connectivity index (χ0n) is 10.5. The third-order valence-electron chi connectivity index (χ3n) is 2.65. The first-order chi connectivity index (χ1) is 7.82. The summed E-state index contributed by atoms with van der Waals surface area (Å²) in [7, 11) is 0. The van der Waals surface area contributed by atoms with Crippen LogP contribution in [0.3, 0.4) is 0 Å². The number of alkyl halides is 2. The van der Waals surface area contributed by atoms with Crippen LogP contribution in [0.25, 0.3) is 0 Å². The fraction of sp³-hybridized carbons (Fsp3) is 0.909. The Morgan fingerprint density at radius 2 is 2.18 bits per heavy atom. The summed E-state index contributed by atoms with van der Waals surface area (Å²) < 4.78 is 28.7. The SMILES string of the molecule is CC(C)(C)N(C(=O)OCC(F)F)[C@H]1CCNC1. The van der Waals surface area contributed by atoms with Crippen molar-refractivity contribution in [1.82, 2.24) is 10.2 Å². The highest BCUT2D eigenvalue weighted by molar-refractivity contribution is 5.69. The molecule has 0 spiro atoms. The average Bonchev–Trinajstić information content (AvgIpc) is 2.65. The zero-order valence-corrected chi connectivity index (χ0v) is 10.5. The number of halogens is 2. The second-order valence-corrected chi connectivity index (χ2v) is 5.16. The predicted molar refractivity (Wildman–Crippen MR) is 60.2 cm³/mol. The van der Waals surface area contributed by atoms with Gasteiger partial charge in [0.05, 0.1) is 0 Å². The number of nitrogens with zero attached hydrogens (tertiary/aromatic N) is 1. The van der Waals surface area contributed by atoms with Crippen LogP contribution in [0.15, 0.2) is 0 Å². The minimum atomic E-state index is -2.62. The van der Waals surface area contributed by atoms with Gasteiger partial charge in [-0.2, -0.15) is 0 Å². The van der Waals surface area contributed by atoms with Crippen molar-refractivity contribution in [2.45, 2.75) is 45.2 Å². The standard InChI is InChI=1S/C11H20F2N2O2/c1-11(2,3)15(8-4-5-14-6-8)10(16)17-7-9(12)13/h8-9,14H,4-7H2,1-3H3/t8-/m0/s1. The molecule has 100 valence electrons. The lowest BCUT2D eigenvalue weighted by atomic mass is 10.0. The lowest BCUT2D eigenvalue weighted by Crippen LogP contribution is -2.52. The number of carbonyl (C=O) groups excluding carboxylic acids is 1. The normalized spacial score (nSPS) is 20.7. The van der Waals surface area contributed by atoms with Crippen LogP contribution < -0.4 is 5.32 Å². The molecule has 0 aromatic heterocycles. The van der Waals surface area contributed by atoms with Crippen molar-refractivity contribution >= 4 is 6.09 Å². The van der Waals surface area contributed by atoms with Gasteiger partial charge in [-0.1, -0.05) is 0 Å². The van der Waals surface area contributed by atoms with E-state index >= 15 is 0 Å². The molecular weight excluding hydrogens is 230 g/mol. The van der Waals surface area contributed by atoms with Crippen LogP contribution in [0.1, 0.15) is 27.2 Å². The molecule has 1 aliphatic rings. The largest absolute Gasteiger partial charge is 0.443 e. The molecule has 1 saturated heterocycles. The molecule has 1 aliphatic heterocycles. The lowest BCUT2D eigenvalue weighted by molar-refractivity contribution is 0.00776. The van der Waals surface area contributed by atoms with Crippen LogP contribution >= 0.6 is 0 Å². The second kappa shape index (κ2) is 5.62. The summed E-state index contributed by atoms with van der Waals surface area (Å²) in [5.41, 5.74) is -0.435. The Balaban J connectivity index is 2.65. The van der Waals surface area contributed by atoms with Gasteiger partial charge >= 0.3 is 6.09 Å². The number of carbonyl (C=O) groups is 1. The Kier molecular flexibility index (Phi) is 4.68. The van der Waals surface area contributed by atoms with Crippen molar-refractivity contribution in [3.63, 3.8) is 0 Å². The van der Waals surface area contributed by atoms with E-state index < -0.39 is 24.7 Å². The van der Waals surface area contributed by atoms with Gasteiger partial charge < -0.3 is 10.1 Å². The van der Waals surface area contributed by atoms with Crippen molar-refractivity contribution in [1.29, 1.82) is 0 Å². The van der Waals surface area contributed by atoms with E-state index in [1.165, 1.54) is 0 Å². The summed E-state index contributed by atoms with van der Waals surface area (Å²) >= 11 is 0. The molecule has 1 N–H and O–H groups in total. The molecule has 0 aliphatic carbocycles. The van der Waals surface area contributed by atoms with Crippen molar-refractivity contribution in [2.75, 3.05) is 19.7 Å². The molecule has 0 unspecified atom stereocenters. The summed E-state index contributed by atoms with van der Waals surface area (Å²) in [6.45, 7) is 6.28. The molecule has 4 nitrogen and oxygen atoms in total. The van der Waals surface area contributed by atoms with E-state index in [9.17, 15) is 13.6 Å². The molecular formula is C11H20F2N2O2. The number of hydrogen-bond donors (Lipinski definition) is 1. The first kappa shape index (κ1) is 14.2. The molecule has 0 radical (unpaired) electrons. The third-order valence-corrected chi connectivity index (χ3v) is 2.65. The Hall–Kier alpha value is -0.910. The van der Waals surface area contributed by atoms with Crippen LogP contribution in [0.4, 0.5) is 13.6 Å². The van der Waals surface area contributed by atoms with Gasteiger partial charge in [-0.25, -0.2) is 13.6 Å². The summed E-state index contributed by atoms with van der Waals surface area (Å²) in [6.07, 6.45) is -2.46. The lowest BCUT2D eigenvalue weighted by Gasteiger charge is -2.39. The minimum Gasteiger partial charge on any atom is -0.443 e. The van der Waals surface area contributed by atoms with Crippen molar-refractivity contribution in [3.05, 3.63) is 0 Å². The number of nitrogens with one attached hydrogen (secondary N) is 1. The van der Waals surface area contributed by atoms with E-state index in [2.05, 4.69) is 10.1 Å². The van der Waals surface area contributed by atoms with E-state index in [4.69, 9.17) is 0 Å². The smallest absolute Gasteiger partial charge is 0.410 e. The highest BCUT2D eigenvalue weighted by atomic mass is 19.3. The predicted octanol–water partition coefficient (Wildman–Crippen LogP) is 1.85. The molecule has 1 atom stereocenters. The molecule has 6 heteroatoms. The van der Waals surface area contributed by atoms with Gasteiger partial charge in [-0.15, -0.1) is 0 Å². The summed E-state index contributed by atoms with van der Waals surface area (Å²) in [4.78, 5) is 13.4. The van der Waals surface area contributed by atoms with Crippen LogP contribution in [0.5, 0.6) is 0 Å². The van der Waals surface area contributed by atoms with Gasteiger partial charge in [0.15, 0.2) is 6.61 Å². The summed E-state index contributed by atoms with van der Waals surface area (Å²) in [5, 5.41) is 3.15. The summed E-state index contributed by atoms with van der Waals surface area (Å²) in [5.74, 6) is 0. The van der Waals surface area contributed by atoms with Gasteiger partial charge in [0, 0.05) is 18.1 Å². The van der Waals surface area contributed by atoms with Crippen molar-refractivity contribution in [3.8, 4) is 0 Å². The van der Waals surface area contributed by atoms with E-state index in [1.807, 2.05) is 20.8 Å². The Bertz CT molecular complexity index is 261. The quantitative estimate of drug-likeness (QED) is 0.831. The molecule has 0 bridgehead atoms. The second-order valence-electron chi connectivity index (χ2n) is 5.16. The Morgan fingerprint density at radius 1 is 1.53 bits per heavy atom. The molecule has 1 heterocycles. The molecule has 0 saturated carbocycles. The van der Waals surface area contributed by atoms with Crippen molar-refractivity contribution < 1.29 is 18.3 Å². The Labute approximate surface area is 100 Å². The molecule has 1 amide bonds. The average molecular weight is 250 g/mol. The van der Waals surface area contributed by atoms with Crippen LogP contribution in [-0.2, 0) is 4.74 Å².